The Morgan fingerprint density at radius 2 is 1.65 bits per heavy atom. The quantitative estimate of drug-likeness (QED) is 0.853. The van der Waals surface area contributed by atoms with Crippen molar-refractivity contribution in [1.29, 1.82) is 0 Å². The van der Waals surface area contributed by atoms with Crippen molar-refractivity contribution in [3.05, 3.63) is 70.5 Å². The Kier molecular flexibility index (Phi) is 4.91. The number of nitrogens with one attached hydrogen (secondary N) is 1. The summed E-state index contributed by atoms with van der Waals surface area (Å²) in [5.41, 5.74) is 4.59. The number of aryl methyl sites for hydroxylation is 2. The molecule has 2 aromatic rings. The second-order valence-electron chi connectivity index (χ2n) is 5.21. The van der Waals surface area contributed by atoms with E-state index in [0.29, 0.717) is 0 Å². The van der Waals surface area contributed by atoms with Gasteiger partial charge in [-0.15, -0.1) is 0 Å². The van der Waals surface area contributed by atoms with Gasteiger partial charge in [0.1, 0.15) is 5.82 Å². The van der Waals surface area contributed by atoms with Crippen molar-refractivity contribution in [2.45, 2.75) is 33.2 Å². The number of hydrogen-bond donors (Lipinski definition) is 1. The standard InChI is InChI=1S/C18H22FN/c1-4-20-18(15-10-5-6-11-17(15)19)12-16-13(2)8-7-9-14(16)3/h5-11,18,20H,4,12H2,1-3H3. The number of rotatable bonds is 5. The molecule has 0 saturated carbocycles. The van der Waals surface area contributed by atoms with Crippen LogP contribution in [0.15, 0.2) is 42.5 Å². The third kappa shape index (κ3) is 3.26. The van der Waals surface area contributed by atoms with Gasteiger partial charge in [0.25, 0.3) is 0 Å². The first-order chi connectivity index (χ1) is 9.63. The van der Waals surface area contributed by atoms with Crippen LogP contribution in [0.4, 0.5) is 4.39 Å². The van der Waals surface area contributed by atoms with Gasteiger partial charge in [-0.2, -0.15) is 0 Å². The zero-order valence-electron chi connectivity index (χ0n) is 12.4. The Labute approximate surface area is 120 Å². The predicted octanol–water partition coefficient (Wildman–Crippen LogP) is 4.34. The van der Waals surface area contributed by atoms with E-state index in [2.05, 4.69) is 44.3 Å². The fourth-order valence-corrected chi connectivity index (χ4v) is 2.67. The Bertz CT molecular complexity index is 557. The van der Waals surface area contributed by atoms with E-state index in [0.717, 1.165) is 18.5 Å². The molecular weight excluding hydrogens is 249 g/mol. The van der Waals surface area contributed by atoms with Crippen LogP contribution in [0.3, 0.4) is 0 Å². The molecule has 0 aliphatic heterocycles. The van der Waals surface area contributed by atoms with Gasteiger partial charge in [-0.1, -0.05) is 43.3 Å². The summed E-state index contributed by atoms with van der Waals surface area (Å²) < 4.78 is 14.0. The predicted molar refractivity (Wildman–Crippen MR) is 82.4 cm³/mol. The molecule has 20 heavy (non-hydrogen) atoms. The molecular formula is C18H22FN. The van der Waals surface area contributed by atoms with Gasteiger partial charge in [0, 0.05) is 11.6 Å². The molecule has 2 heteroatoms. The van der Waals surface area contributed by atoms with Crippen molar-refractivity contribution in [1.82, 2.24) is 5.32 Å². The molecule has 1 N–H and O–H groups in total. The Balaban J connectivity index is 2.33. The van der Waals surface area contributed by atoms with E-state index in [1.807, 2.05) is 12.1 Å². The highest BCUT2D eigenvalue weighted by atomic mass is 19.1. The van der Waals surface area contributed by atoms with Gasteiger partial charge in [0.15, 0.2) is 0 Å². The van der Waals surface area contributed by atoms with Gasteiger partial charge in [-0.25, -0.2) is 4.39 Å². The molecule has 0 radical (unpaired) electrons. The first-order valence-electron chi connectivity index (χ1n) is 7.16. The third-order valence-corrected chi connectivity index (χ3v) is 3.78. The summed E-state index contributed by atoms with van der Waals surface area (Å²) >= 11 is 0. The molecule has 0 saturated heterocycles. The second kappa shape index (κ2) is 6.67. The molecule has 0 bridgehead atoms. The molecule has 0 amide bonds. The third-order valence-electron chi connectivity index (χ3n) is 3.78. The summed E-state index contributed by atoms with van der Waals surface area (Å²) in [7, 11) is 0. The van der Waals surface area contributed by atoms with Gasteiger partial charge in [-0.3, -0.25) is 0 Å². The second-order valence-corrected chi connectivity index (χ2v) is 5.21. The molecule has 1 unspecified atom stereocenters. The zero-order valence-corrected chi connectivity index (χ0v) is 12.4. The highest BCUT2D eigenvalue weighted by molar-refractivity contribution is 5.35. The lowest BCUT2D eigenvalue weighted by molar-refractivity contribution is 0.508. The van der Waals surface area contributed by atoms with E-state index in [1.165, 1.54) is 22.8 Å². The van der Waals surface area contributed by atoms with Gasteiger partial charge < -0.3 is 5.32 Å². The molecule has 0 heterocycles. The van der Waals surface area contributed by atoms with Gasteiger partial charge >= 0.3 is 0 Å². The lowest BCUT2D eigenvalue weighted by atomic mass is 9.92. The molecule has 106 valence electrons. The van der Waals surface area contributed by atoms with Gasteiger partial charge in [0.2, 0.25) is 0 Å². The largest absolute Gasteiger partial charge is 0.310 e. The van der Waals surface area contributed by atoms with Crippen LogP contribution in [-0.4, -0.2) is 6.54 Å². The minimum absolute atomic E-state index is 0.0148. The number of halogens is 1. The van der Waals surface area contributed by atoms with Gasteiger partial charge in [0.05, 0.1) is 0 Å². The fourth-order valence-electron chi connectivity index (χ4n) is 2.67. The summed E-state index contributed by atoms with van der Waals surface area (Å²) in [6.45, 7) is 7.11. The highest BCUT2D eigenvalue weighted by Crippen LogP contribution is 2.24. The number of hydrogen-bond acceptors (Lipinski definition) is 1. The molecule has 2 rings (SSSR count). The van der Waals surface area contributed by atoms with Crippen LogP contribution in [0, 0.1) is 19.7 Å². The average Bonchev–Trinajstić information content (AvgIpc) is 2.43. The van der Waals surface area contributed by atoms with Crippen LogP contribution in [0.25, 0.3) is 0 Å². The first kappa shape index (κ1) is 14.7. The van der Waals surface area contributed by atoms with Gasteiger partial charge in [-0.05, 0) is 49.6 Å². The van der Waals surface area contributed by atoms with Crippen LogP contribution < -0.4 is 5.32 Å². The molecule has 1 nitrogen and oxygen atoms in total. The molecule has 0 aliphatic rings. The minimum atomic E-state index is -0.135. The monoisotopic (exact) mass is 271 g/mol. The molecule has 0 aromatic heterocycles. The lowest BCUT2D eigenvalue weighted by Gasteiger charge is -2.21. The summed E-state index contributed by atoms with van der Waals surface area (Å²) in [5.74, 6) is -0.135. The Morgan fingerprint density at radius 3 is 2.25 bits per heavy atom. The average molecular weight is 271 g/mol. The van der Waals surface area contributed by atoms with E-state index in [1.54, 1.807) is 6.07 Å². The normalized spacial score (nSPS) is 12.4. The van der Waals surface area contributed by atoms with Crippen LogP contribution in [-0.2, 0) is 6.42 Å². The maximum Gasteiger partial charge on any atom is 0.127 e. The van der Waals surface area contributed by atoms with E-state index >= 15 is 0 Å². The summed E-state index contributed by atoms with van der Waals surface area (Å²) in [6.07, 6.45) is 0.813. The Morgan fingerprint density at radius 1 is 1.00 bits per heavy atom. The fraction of sp³-hybridized carbons (Fsp3) is 0.333. The zero-order chi connectivity index (χ0) is 14.5. The highest BCUT2D eigenvalue weighted by Gasteiger charge is 2.16. The maximum atomic E-state index is 14.0. The van der Waals surface area contributed by atoms with Crippen molar-refractivity contribution in [2.75, 3.05) is 6.54 Å². The van der Waals surface area contributed by atoms with Crippen molar-refractivity contribution < 1.29 is 4.39 Å². The maximum absolute atomic E-state index is 14.0. The van der Waals surface area contributed by atoms with Crippen molar-refractivity contribution >= 4 is 0 Å². The number of likely N-dealkylation sites (N-methyl/N-ethyl adjacent to an activating group) is 1. The van der Waals surface area contributed by atoms with Crippen LogP contribution in [0.1, 0.15) is 35.2 Å². The van der Waals surface area contributed by atoms with E-state index < -0.39 is 0 Å². The van der Waals surface area contributed by atoms with Crippen LogP contribution in [0.2, 0.25) is 0 Å². The van der Waals surface area contributed by atoms with Crippen molar-refractivity contribution in [3.8, 4) is 0 Å². The molecule has 0 fully saturated rings. The van der Waals surface area contributed by atoms with Crippen molar-refractivity contribution in [2.24, 2.45) is 0 Å². The minimum Gasteiger partial charge on any atom is -0.310 e. The Hall–Kier alpha value is -1.67. The molecule has 0 spiro atoms. The van der Waals surface area contributed by atoms with Crippen LogP contribution in [0.5, 0.6) is 0 Å². The van der Waals surface area contributed by atoms with Crippen LogP contribution >= 0.6 is 0 Å². The van der Waals surface area contributed by atoms with E-state index in [4.69, 9.17) is 0 Å². The molecule has 2 aromatic carbocycles. The summed E-state index contributed by atoms with van der Waals surface area (Å²) in [5, 5.41) is 3.40. The molecule has 1 atom stereocenters. The first-order valence-corrected chi connectivity index (χ1v) is 7.16. The van der Waals surface area contributed by atoms with Crippen molar-refractivity contribution in [3.63, 3.8) is 0 Å². The summed E-state index contributed by atoms with van der Waals surface area (Å²) in [4.78, 5) is 0. The summed E-state index contributed by atoms with van der Waals surface area (Å²) in [6, 6.07) is 13.4. The molecule has 0 aliphatic carbocycles. The van der Waals surface area contributed by atoms with E-state index in [-0.39, 0.29) is 11.9 Å². The SMILES string of the molecule is CCNC(Cc1c(C)cccc1C)c1ccccc1F. The van der Waals surface area contributed by atoms with E-state index in [9.17, 15) is 4.39 Å². The lowest BCUT2D eigenvalue weighted by Crippen LogP contribution is -2.24. The topological polar surface area (TPSA) is 12.0 Å². The number of benzene rings is 2. The smallest absolute Gasteiger partial charge is 0.127 e.